The van der Waals surface area contributed by atoms with E-state index in [2.05, 4.69) is 10.3 Å². The van der Waals surface area contributed by atoms with E-state index in [4.69, 9.17) is 4.74 Å². The van der Waals surface area contributed by atoms with Gasteiger partial charge in [0.15, 0.2) is 0 Å². The number of nitrogens with zero attached hydrogens (tertiary/aromatic N) is 1. The number of pyridine rings is 1. The predicted molar refractivity (Wildman–Crippen MR) is 63.1 cm³/mol. The molecular formula is C11H14N2O2S. The van der Waals surface area contributed by atoms with Gasteiger partial charge in [0.05, 0.1) is 11.0 Å². The van der Waals surface area contributed by atoms with Crippen LogP contribution in [-0.4, -0.2) is 30.3 Å². The van der Waals surface area contributed by atoms with E-state index < -0.39 is 0 Å². The molecule has 86 valence electrons. The van der Waals surface area contributed by atoms with Crippen LogP contribution in [0.15, 0.2) is 17.2 Å². The van der Waals surface area contributed by atoms with Crippen molar-refractivity contribution in [3.05, 3.63) is 18.0 Å². The molecule has 16 heavy (non-hydrogen) atoms. The summed E-state index contributed by atoms with van der Waals surface area (Å²) in [5.74, 6) is 0.580. The molecule has 1 heterocycles. The van der Waals surface area contributed by atoms with Gasteiger partial charge in [-0.3, -0.25) is 4.79 Å². The molecule has 0 bridgehead atoms. The maximum Gasteiger partial charge on any atom is 0.269 e. The molecule has 0 aliphatic heterocycles. The van der Waals surface area contributed by atoms with E-state index in [9.17, 15) is 4.79 Å². The minimum atomic E-state index is -0.187. The second-order valence-electron chi connectivity index (χ2n) is 3.62. The molecule has 1 aromatic rings. The van der Waals surface area contributed by atoms with E-state index in [0.717, 1.165) is 23.5 Å². The van der Waals surface area contributed by atoms with Crippen LogP contribution in [-0.2, 0) is 0 Å². The lowest BCUT2D eigenvalue weighted by Gasteiger charge is -2.09. The van der Waals surface area contributed by atoms with Gasteiger partial charge >= 0.3 is 0 Å². The fourth-order valence-corrected chi connectivity index (χ4v) is 1.75. The van der Waals surface area contributed by atoms with Gasteiger partial charge in [0, 0.05) is 19.3 Å². The molecule has 2 rings (SSSR count). The maximum atomic E-state index is 11.4. The van der Waals surface area contributed by atoms with Crippen LogP contribution in [0.3, 0.4) is 0 Å². The van der Waals surface area contributed by atoms with Crippen molar-refractivity contribution in [1.29, 1.82) is 0 Å². The first kappa shape index (κ1) is 11.3. The normalized spacial score (nSPS) is 14.6. The second kappa shape index (κ2) is 4.74. The molecule has 0 unspecified atom stereocenters. The number of ether oxygens (including phenoxy) is 1. The van der Waals surface area contributed by atoms with Gasteiger partial charge in [-0.15, -0.1) is 11.8 Å². The Morgan fingerprint density at radius 2 is 2.38 bits per heavy atom. The molecule has 0 atom stereocenters. The Labute approximate surface area is 98.8 Å². The van der Waals surface area contributed by atoms with E-state index >= 15 is 0 Å². The molecule has 1 fully saturated rings. The van der Waals surface area contributed by atoms with Crippen molar-refractivity contribution in [1.82, 2.24) is 10.3 Å². The zero-order chi connectivity index (χ0) is 11.5. The third kappa shape index (κ3) is 2.47. The quantitative estimate of drug-likeness (QED) is 0.811. The standard InChI is InChI=1S/C11H14N2O2S/c1-12-11(14)8-5-9(15-7-3-4-7)10(16-2)6-13-8/h5-7H,3-4H2,1-2H3,(H,12,14). The number of nitrogens with one attached hydrogen (secondary N) is 1. The molecule has 5 heteroatoms. The van der Waals surface area contributed by atoms with Crippen molar-refractivity contribution >= 4 is 17.7 Å². The summed E-state index contributed by atoms with van der Waals surface area (Å²) in [5.41, 5.74) is 0.399. The van der Waals surface area contributed by atoms with E-state index in [1.54, 1.807) is 31.1 Å². The summed E-state index contributed by atoms with van der Waals surface area (Å²) < 4.78 is 5.74. The third-order valence-electron chi connectivity index (χ3n) is 2.33. The largest absolute Gasteiger partial charge is 0.489 e. The Morgan fingerprint density at radius 1 is 1.62 bits per heavy atom. The Bertz CT molecular complexity index is 405. The Balaban J connectivity index is 2.25. The average molecular weight is 238 g/mol. The van der Waals surface area contributed by atoms with Crippen LogP contribution < -0.4 is 10.1 Å². The highest BCUT2D eigenvalue weighted by atomic mass is 32.2. The number of carbonyl (C=O) groups is 1. The van der Waals surface area contributed by atoms with Crippen LogP contribution >= 0.6 is 11.8 Å². The van der Waals surface area contributed by atoms with Crippen molar-refractivity contribution in [2.75, 3.05) is 13.3 Å². The average Bonchev–Trinajstić information content (AvgIpc) is 3.12. The van der Waals surface area contributed by atoms with Crippen LogP contribution in [0.25, 0.3) is 0 Å². The van der Waals surface area contributed by atoms with Gasteiger partial charge in [-0.25, -0.2) is 4.98 Å². The summed E-state index contributed by atoms with van der Waals surface area (Å²) in [6, 6.07) is 1.71. The minimum Gasteiger partial charge on any atom is -0.489 e. The van der Waals surface area contributed by atoms with Crippen molar-refractivity contribution in [3.8, 4) is 5.75 Å². The fraction of sp³-hybridized carbons (Fsp3) is 0.455. The Kier molecular flexibility index (Phi) is 3.33. The van der Waals surface area contributed by atoms with Crippen LogP contribution in [0.1, 0.15) is 23.3 Å². The number of aromatic nitrogens is 1. The number of carbonyl (C=O) groups excluding carboxylic acids is 1. The zero-order valence-corrected chi connectivity index (χ0v) is 10.1. The first-order chi connectivity index (χ1) is 7.74. The molecule has 1 saturated carbocycles. The van der Waals surface area contributed by atoms with E-state index in [1.807, 2.05) is 6.26 Å². The summed E-state index contributed by atoms with van der Waals surface area (Å²) in [7, 11) is 1.59. The molecule has 0 radical (unpaired) electrons. The van der Waals surface area contributed by atoms with Crippen LogP contribution in [0.4, 0.5) is 0 Å². The topological polar surface area (TPSA) is 51.2 Å². The zero-order valence-electron chi connectivity index (χ0n) is 9.32. The van der Waals surface area contributed by atoms with Gasteiger partial charge < -0.3 is 10.1 Å². The molecule has 1 aromatic heterocycles. The predicted octanol–water partition coefficient (Wildman–Crippen LogP) is 1.70. The molecule has 0 spiro atoms. The highest BCUT2D eigenvalue weighted by Crippen LogP contribution is 2.33. The molecule has 1 aliphatic rings. The maximum absolute atomic E-state index is 11.4. The minimum absolute atomic E-state index is 0.187. The summed E-state index contributed by atoms with van der Waals surface area (Å²) >= 11 is 1.57. The van der Waals surface area contributed by atoms with Gasteiger partial charge in [0.25, 0.3) is 5.91 Å². The van der Waals surface area contributed by atoms with Crippen molar-refractivity contribution in [3.63, 3.8) is 0 Å². The van der Waals surface area contributed by atoms with Crippen LogP contribution in [0.2, 0.25) is 0 Å². The number of rotatable bonds is 4. The highest BCUT2D eigenvalue weighted by molar-refractivity contribution is 7.98. The lowest BCUT2D eigenvalue weighted by atomic mass is 10.3. The van der Waals surface area contributed by atoms with Gasteiger partial charge in [0.1, 0.15) is 11.4 Å². The smallest absolute Gasteiger partial charge is 0.269 e. The second-order valence-corrected chi connectivity index (χ2v) is 4.46. The molecule has 0 saturated heterocycles. The molecule has 0 aromatic carbocycles. The summed E-state index contributed by atoms with van der Waals surface area (Å²) in [5, 5.41) is 2.55. The number of amides is 1. The number of thioether (sulfide) groups is 1. The van der Waals surface area contributed by atoms with Crippen molar-refractivity contribution < 1.29 is 9.53 Å². The van der Waals surface area contributed by atoms with Crippen molar-refractivity contribution in [2.24, 2.45) is 0 Å². The number of hydrogen-bond donors (Lipinski definition) is 1. The van der Waals surface area contributed by atoms with Crippen LogP contribution in [0.5, 0.6) is 5.75 Å². The number of hydrogen-bond acceptors (Lipinski definition) is 4. The first-order valence-electron chi connectivity index (χ1n) is 5.17. The molecular weight excluding hydrogens is 224 g/mol. The Hall–Kier alpha value is -1.23. The highest BCUT2D eigenvalue weighted by Gasteiger charge is 2.25. The van der Waals surface area contributed by atoms with Crippen LogP contribution in [0, 0.1) is 0 Å². The SMILES string of the molecule is CNC(=O)c1cc(OC2CC2)c(SC)cn1. The first-order valence-corrected chi connectivity index (χ1v) is 6.40. The summed E-state index contributed by atoms with van der Waals surface area (Å²) in [4.78, 5) is 16.5. The van der Waals surface area contributed by atoms with Crippen molar-refractivity contribution in [2.45, 2.75) is 23.8 Å². The molecule has 1 aliphatic carbocycles. The lowest BCUT2D eigenvalue weighted by Crippen LogP contribution is -2.19. The summed E-state index contributed by atoms with van der Waals surface area (Å²) in [6.07, 6.45) is 6.19. The fourth-order valence-electron chi connectivity index (χ4n) is 1.29. The molecule has 1 N–H and O–H groups in total. The van der Waals surface area contributed by atoms with E-state index in [0.29, 0.717) is 11.8 Å². The van der Waals surface area contributed by atoms with E-state index in [1.165, 1.54) is 0 Å². The molecule has 1 amide bonds. The van der Waals surface area contributed by atoms with Gasteiger partial charge in [-0.05, 0) is 19.1 Å². The van der Waals surface area contributed by atoms with Gasteiger partial charge in [-0.1, -0.05) is 0 Å². The molecule has 4 nitrogen and oxygen atoms in total. The monoisotopic (exact) mass is 238 g/mol. The lowest BCUT2D eigenvalue weighted by molar-refractivity contribution is 0.0957. The van der Waals surface area contributed by atoms with Gasteiger partial charge in [0.2, 0.25) is 0 Å². The Morgan fingerprint density at radius 3 is 2.94 bits per heavy atom. The summed E-state index contributed by atoms with van der Waals surface area (Å²) in [6.45, 7) is 0. The third-order valence-corrected chi connectivity index (χ3v) is 3.08. The van der Waals surface area contributed by atoms with E-state index in [-0.39, 0.29) is 5.91 Å². The van der Waals surface area contributed by atoms with Gasteiger partial charge in [-0.2, -0.15) is 0 Å².